The maximum Gasteiger partial charge on any atom is 0.155 e. The van der Waals surface area contributed by atoms with Gasteiger partial charge in [-0.1, -0.05) is 6.07 Å². The number of nitrogens with zero attached hydrogens (tertiary/aromatic N) is 6. The first kappa shape index (κ1) is 18.1. The van der Waals surface area contributed by atoms with Crippen molar-refractivity contribution in [1.29, 1.82) is 5.26 Å². The van der Waals surface area contributed by atoms with Crippen LogP contribution in [0.3, 0.4) is 0 Å². The molecule has 1 aliphatic heterocycles. The Kier molecular flexibility index (Phi) is 5.04. The lowest BCUT2D eigenvalue weighted by Gasteiger charge is -2.38. The van der Waals surface area contributed by atoms with E-state index in [9.17, 15) is 0 Å². The first-order valence-electron chi connectivity index (χ1n) is 9.47. The van der Waals surface area contributed by atoms with Gasteiger partial charge in [-0.05, 0) is 31.5 Å². The van der Waals surface area contributed by atoms with Crippen molar-refractivity contribution < 1.29 is 0 Å². The Morgan fingerprint density at radius 1 is 1.14 bits per heavy atom. The zero-order chi connectivity index (χ0) is 19.5. The smallest absolute Gasteiger partial charge is 0.155 e. The van der Waals surface area contributed by atoms with Crippen molar-refractivity contribution >= 4 is 5.82 Å². The average molecular weight is 373 g/mol. The van der Waals surface area contributed by atoms with E-state index in [2.05, 4.69) is 43.0 Å². The van der Waals surface area contributed by atoms with E-state index in [1.807, 2.05) is 37.5 Å². The van der Waals surface area contributed by atoms with Crippen LogP contribution < -0.4 is 4.90 Å². The minimum atomic E-state index is 0.336. The van der Waals surface area contributed by atoms with Crippen LogP contribution in [0.4, 0.5) is 5.82 Å². The predicted molar refractivity (Wildman–Crippen MR) is 108 cm³/mol. The van der Waals surface area contributed by atoms with Crippen LogP contribution in [0.2, 0.25) is 0 Å². The summed E-state index contributed by atoms with van der Waals surface area (Å²) >= 11 is 0. The van der Waals surface area contributed by atoms with Gasteiger partial charge in [-0.3, -0.25) is 15.0 Å². The van der Waals surface area contributed by atoms with Crippen LogP contribution in [0.25, 0.3) is 11.3 Å². The van der Waals surface area contributed by atoms with Gasteiger partial charge < -0.3 is 4.90 Å². The van der Waals surface area contributed by atoms with E-state index < -0.39 is 0 Å². The van der Waals surface area contributed by atoms with E-state index in [0.717, 1.165) is 48.8 Å². The van der Waals surface area contributed by atoms with Crippen LogP contribution in [0.15, 0.2) is 43.0 Å². The number of H-pyrrole nitrogens is 1. The molecule has 7 heteroatoms. The Bertz CT molecular complexity index is 982. The monoisotopic (exact) mass is 373 g/mol. The SMILES string of the molecule is Cc1cc(C#N)ccc1-c1nccnc1N1CCN(C(C)c2cn[nH]c2)CC1. The molecular weight excluding hydrogens is 350 g/mol. The van der Waals surface area contributed by atoms with E-state index in [1.54, 1.807) is 12.4 Å². The zero-order valence-electron chi connectivity index (χ0n) is 16.1. The first-order chi connectivity index (χ1) is 13.7. The molecule has 0 radical (unpaired) electrons. The van der Waals surface area contributed by atoms with Crippen LogP contribution in [-0.2, 0) is 0 Å². The van der Waals surface area contributed by atoms with Gasteiger partial charge in [0.1, 0.15) is 5.69 Å². The molecule has 0 spiro atoms. The fraction of sp³-hybridized carbons (Fsp3) is 0.333. The molecule has 0 bridgehead atoms. The van der Waals surface area contributed by atoms with Crippen molar-refractivity contribution in [2.45, 2.75) is 19.9 Å². The second-order valence-corrected chi connectivity index (χ2v) is 7.10. The third kappa shape index (κ3) is 3.47. The summed E-state index contributed by atoms with van der Waals surface area (Å²) in [6.45, 7) is 7.92. The summed E-state index contributed by atoms with van der Waals surface area (Å²) in [5, 5.41) is 16.1. The van der Waals surface area contributed by atoms with Gasteiger partial charge in [0.05, 0.1) is 17.8 Å². The molecule has 142 valence electrons. The number of aromatic amines is 1. The summed E-state index contributed by atoms with van der Waals surface area (Å²) in [7, 11) is 0. The van der Waals surface area contributed by atoms with Gasteiger partial charge in [-0.2, -0.15) is 10.4 Å². The maximum atomic E-state index is 9.12. The minimum Gasteiger partial charge on any atom is -0.352 e. The topological polar surface area (TPSA) is 84.7 Å². The Balaban J connectivity index is 1.55. The second-order valence-electron chi connectivity index (χ2n) is 7.10. The highest BCUT2D eigenvalue weighted by Gasteiger charge is 2.25. The van der Waals surface area contributed by atoms with Gasteiger partial charge in [-0.15, -0.1) is 0 Å². The van der Waals surface area contributed by atoms with E-state index in [1.165, 1.54) is 5.56 Å². The number of hydrogen-bond donors (Lipinski definition) is 1. The fourth-order valence-corrected chi connectivity index (χ4v) is 3.77. The number of rotatable bonds is 4. The number of aromatic nitrogens is 4. The van der Waals surface area contributed by atoms with Crippen LogP contribution in [0.1, 0.15) is 29.7 Å². The van der Waals surface area contributed by atoms with Gasteiger partial charge in [0.15, 0.2) is 5.82 Å². The molecule has 1 N–H and O–H groups in total. The number of anilines is 1. The molecule has 2 aromatic heterocycles. The number of aryl methyl sites for hydroxylation is 1. The Morgan fingerprint density at radius 3 is 2.61 bits per heavy atom. The quantitative estimate of drug-likeness (QED) is 0.757. The normalized spacial score (nSPS) is 16.0. The Morgan fingerprint density at radius 2 is 1.93 bits per heavy atom. The summed E-state index contributed by atoms with van der Waals surface area (Å²) in [5.74, 6) is 0.908. The van der Waals surface area contributed by atoms with E-state index in [4.69, 9.17) is 5.26 Å². The number of benzene rings is 1. The highest BCUT2D eigenvalue weighted by molar-refractivity contribution is 5.75. The molecular formula is C21H23N7. The van der Waals surface area contributed by atoms with Crippen molar-refractivity contribution in [2.24, 2.45) is 0 Å². The molecule has 1 aromatic carbocycles. The van der Waals surface area contributed by atoms with E-state index >= 15 is 0 Å². The van der Waals surface area contributed by atoms with Gasteiger partial charge in [0, 0.05) is 61.9 Å². The molecule has 4 rings (SSSR count). The molecule has 1 fully saturated rings. The highest BCUT2D eigenvalue weighted by Crippen LogP contribution is 2.31. The molecule has 0 aliphatic carbocycles. The third-order valence-electron chi connectivity index (χ3n) is 5.45. The molecule has 3 aromatic rings. The number of hydrogen-bond acceptors (Lipinski definition) is 6. The average Bonchev–Trinajstić information content (AvgIpc) is 3.28. The molecule has 28 heavy (non-hydrogen) atoms. The number of nitrogens with one attached hydrogen (secondary N) is 1. The van der Waals surface area contributed by atoms with E-state index in [0.29, 0.717) is 11.6 Å². The van der Waals surface area contributed by atoms with Crippen molar-refractivity contribution in [3.05, 3.63) is 59.7 Å². The predicted octanol–water partition coefficient (Wildman–Crippen LogP) is 2.93. The molecule has 3 heterocycles. The van der Waals surface area contributed by atoms with Crippen LogP contribution in [0, 0.1) is 18.3 Å². The standard InChI is InChI=1S/C21H23N7/c1-15-11-17(12-22)3-4-19(15)20-21(24-6-5-23-20)28-9-7-27(8-10-28)16(2)18-13-25-26-14-18/h3-6,11,13-14,16H,7-10H2,1-2H3,(H,25,26). The molecule has 0 saturated carbocycles. The summed E-state index contributed by atoms with van der Waals surface area (Å²) in [6.07, 6.45) is 7.34. The van der Waals surface area contributed by atoms with Crippen LogP contribution in [0.5, 0.6) is 0 Å². The lowest BCUT2D eigenvalue weighted by Crippen LogP contribution is -2.47. The zero-order valence-corrected chi connectivity index (χ0v) is 16.1. The van der Waals surface area contributed by atoms with Crippen LogP contribution >= 0.6 is 0 Å². The van der Waals surface area contributed by atoms with Gasteiger partial charge in [-0.25, -0.2) is 4.98 Å². The molecule has 1 saturated heterocycles. The molecule has 1 unspecified atom stereocenters. The number of piperazine rings is 1. The van der Waals surface area contributed by atoms with Crippen LogP contribution in [-0.4, -0.2) is 51.2 Å². The number of nitriles is 1. The van der Waals surface area contributed by atoms with Gasteiger partial charge >= 0.3 is 0 Å². The van der Waals surface area contributed by atoms with Crippen molar-refractivity contribution in [2.75, 3.05) is 31.1 Å². The van der Waals surface area contributed by atoms with Gasteiger partial charge in [0.25, 0.3) is 0 Å². The fourth-order valence-electron chi connectivity index (χ4n) is 3.77. The molecule has 1 atom stereocenters. The van der Waals surface area contributed by atoms with Crippen molar-refractivity contribution in [3.63, 3.8) is 0 Å². The lowest BCUT2D eigenvalue weighted by atomic mass is 10.0. The summed E-state index contributed by atoms with van der Waals surface area (Å²) in [5.41, 5.74) is 4.81. The lowest BCUT2D eigenvalue weighted by molar-refractivity contribution is 0.198. The summed E-state index contributed by atoms with van der Waals surface area (Å²) in [4.78, 5) is 14.0. The largest absolute Gasteiger partial charge is 0.352 e. The minimum absolute atomic E-state index is 0.336. The van der Waals surface area contributed by atoms with Crippen molar-refractivity contribution in [3.8, 4) is 17.3 Å². The maximum absolute atomic E-state index is 9.12. The Hall–Kier alpha value is -3.24. The molecule has 1 aliphatic rings. The van der Waals surface area contributed by atoms with E-state index in [-0.39, 0.29) is 0 Å². The van der Waals surface area contributed by atoms with Gasteiger partial charge in [0.2, 0.25) is 0 Å². The first-order valence-corrected chi connectivity index (χ1v) is 9.47. The second kappa shape index (κ2) is 7.79. The molecule has 7 nitrogen and oxygen atoms in total. The summed E-state index contributed by atoms with van der Waals surface area (Å²) in [6, 6.07) is 8.24. The Labute approximate surface area is 164 Å². The van der Waals surface area contributed by atoms with Crippen molar-refractivity contribution in [1.82, 2.24) is 25.1 Å². The highest BCUT2D eigenvalue weighted by atomic mass is 15.3. The summed E-state index contributed by atoms with van der Waals surface area (Å²) < 4.78 is 0. The molecule has 0 amide bonds. The third-order valence-corrected chi connectivity index (χ3v) is 5.45.